The average Bonchev–Trinajstić information content (AvgIpc) is 3.31. The quantitative estimate of drug-likeness (QED) is 0.435. The van der Waals surface area contributed by atoms with Crippen molar-refractivity contribution in [1.82, 2.24) is 10.1 Å². The SMILES string of the molecule is COc1cc(-c2noc(=O)[nH]2)ccc1COc1cc(C)c(C)cc1N(C(C)C)S(=O)(=O)C1=CCCC=N1. The lowest BCUT2D eigenvalue weighted by molar-refractivity contribution is 0.297. The van der Waals surface area contributed by atoms with E-state index in [-0.39, 0.29) is 23.5 Å². The van der Waals surface area contributed by atoms with Crippen LogP contribution in [0.15, 0.2) is 55.7 Å². The molecule has 3 aromatic rings. The Balaban J connectivity index is 1.70. The van der Waals surface area contributed by atoms with Crippen molar-refractivity contribution in [1.29, 1.82) is 0 Å². The molecule has 0 radical (unpaired) electrons. The van der Waals surface area contributed by atoms with Crippen LogP contribution in [0, 0.1) is 13.8 Å². The first kappa shape index (κ1) is 26.2. The Morgan fingerprint density at radius 1 is 1.11 bits per heavy atom. The number of nitrogens with zero attached hydrogens (tertiary/aromatic N) is 3. The second-order valence-corrected chi connectivity index (χ2v) is 10.8. The zero-order valence-electron chi connectivity index (χ0n) is 21.4. The maximum Gasteiger partial charge on any atom is 0.439 e. The molecule has 0 spiro atoms. The van der Waals surface area contributed by atoms with Crippen LogP contribution in [0.2, 0.25) is 0 Å². The van der Waals surface area contributed by atoms with Crippen molar-refractivity contribution in [2.24, 2.45) is 4.99 Å². The summed E-state index contributed by atoms with van der Waals surface area (Å²) in [7, 11) is -2.38. The summed E-state index contributed by atoms with van der Waals surface area (Å²) in [5.74, 6) is 0.571. The van der Waals surface area contributed by atoms with Crippen LogP contribution in [-0.4, -0.2) is 37.9 Å². The van der Waals surface area contributed by atoms with Crippen LogP contribution in [0.1, 0.15) is 43.4 Å². The molecule has 0 fully saturated rings. The van der Waals surface area contributed by atoms with Gasteiger partial charge in [0.2, 0.25) is 0 Å². The molecule has 0 saturated heterocycles. The fraction of sp³-hybridized carbons (Fsp3) is 0.346. The second-order valence-electron chi connectivity index (χ2n) is 8.99. The Morgan fingerprint density at radius 2 is 1.86 bits per heavy atom. The third kappa shape index (κ3) is 5.46. The van der Waals surface area contributed by atoms with E-state index in [0.29, 0.717) is 35.6 Å². The minimum Gasteiger partial charge on any atom is -0.496 e. The van der Waals surface area contributed by atoms with Crippen LogP contribution < -0.4 is 19.5 Å². The molecule has 0 aliphatic carbocycles. The molecule has 1 aliphatic heterocycles. The lowest BCUT2D eigenvalue weighted by atomic mass is 10.1. The first-order chi connectivity index (χ1) is 17.6. The predicted molar refractivity (Wildman–Crippen MR) is 142 cm³/mol. The Labute approximate surface area is 215 Å². The molecule has 1 N–H and O–H groups in total. The molecule has 11 heteroatoms. The van der Waals surface area contributed by atoms with E-state index < -0.39 is 15.8 Å². The average molecular weight is 527 g/mol. The maximum absolute atomic E-state index is 13.7. The van der Waals surface area contributed by atoms with Gasteiger partial charge in [-0.25, -0.2) is 9.79 Å². The molecule has 2 aromatic carbocycles. The number of allylic oxidation sites excluding steroid dienone is 1. The zero-order valence-corrected chi connectivity index (χ0v) is 22.3. The molecule has 1 aromatic heterocycles. The summed E-state index contributed by atoms with van der Waals surface area (Å²) < 4.78 is 45.0. The Kier molecular flexibility index (Phi) is 7.53. The summed E-state index contributed by atoms with van der Waals surface area (Å²) in [6, 6.07) is 8.55. The Morgan fingerprint density at radius 3 is 2.49 bits per heavy atom. The molecule has 2 heterocycles. The second kappa shape index (κ2) is 10.6. The van der Waals surface area contributed by atoms with Gasteiger partial charge in [-0.15, -0.1) is 0 Å². The third-order valence-electron chi connectivity index (χ3n) is 6.02. The van der Waals surface area contributed by atoms with Gasteiger partial charge in [-0.05, 0) is 75.9 Å². The van der Waals surface area contributed by atoms with E-state index in [2.05, 4.69) is 19.7 Å². The summed E-state index contributed by atoms with van der Waals surface area (Å²) in [6.07, 6.45) is 4.62. The predicted octanol–water partition coefficient (Wildman–Crippen LogP) is 4.48. The number of aromatic amines is 1. The molecule has 0 saturated carbocycles. The first-order valence-corrected chi connectivity index (χ1v) is 13.3. The van der Waals surface area contributed by atoms with Crippen LogP contribution in [0.3, 0.4) is 0 Å². The highest BCUT2D eigenvalue weighted by Crippen LogP contribution is 2.38. The molecular formula is C26H30N4O6S. The summed E-state index contributed by atoms with van der Waals surface area (Å²) >= 11 is 0. The van der Waals surface area contributed by atoms with Crippen LogP contribution in [0.5, 0.6) is 11.5 Å². The highest BCUT2D eigenvalue weighted by atomic mass is 32.2. The normalized spacial score (nSPS) is 13.5. The van der Waals surface area contributed by atoms with Gasteiger partial charge in [0, 0.05) is 23.4 Å². The van der Waals surface area contributed by atoms with Crippen molar-refractivity contribution < 1.29 is 22.4 Å². The smallest absolute Gasteiger partial charge is 0.439 e. The van der Waals surface area contributed by atoms with Gasteiger partial charge < -0.3 is 9.47 Å². The number of aromatic nitrogens is 2. The standard InChI is InChI=1S/C26H30N4O6S/c1-16(2)30(37(32,33)24-8-6-7-11-27-24)21-12-17(3)18(4)13-23(21)35-15-20-10-9-19(14-22(20)34-5)25-28-26(31)36-29-25/h8-14,16H,6-7,15H2,1-5H3,(H,28,29,31). The number of rotatable bonds is 9. The van der Waals surface area contributed by atoms with Gasteiger partial charge in [-0.1, -0.05) is 17.3 Å². The fourth-order valence-electron chi connectivity index (χ4n) is 4.03. The number of hydrogen-bond acceptors (Lipinski definition) is 8. The summed E-state index contributed by atoms with van der Waals surface area (Å²) in [5.41, 5.74) is 3.67. The Hall–Kier alpha value is -3.86. The molecule has 10 nitrogen and oxygen atoms in total. The van der Waals surface area contributed by atoms with Crippen LogP contribution in [-0.2, 0) is 16.6 Å². The largest absolute Gasteiger partial charge is 0.496 e. The number of benzene rings is 2. The van der Waals surface area contributed by atoms with E-state index >= 15 is 0 Å². The maximum atomic E-state index is 13.7. The zero-order chi connectivity index (χ0) is 26.7. The van der Waals surface area contributed by atoms with E-state index in [1.54, 1.807) is 30.5 Å². The first-order valence-electron chi connectivity index (χ1n) is 11.9. The number of aliphatic imine (C=N–C) groups is 1. The molecule has 0 atom stereocenters. The number of sulfonamides is 1. The topological polar surface area (TPSA) is 127 Å². The molecule has 0 bridgehead atoms. The molecule has 0 unspecified atom stereocenters. The van der Waals surface area contributed by atoms with Crippen molar-refractivity contribution in [2.45, 2.75) is 53.2 Å². The van der Waals surface area contributed by atoms with Gasteiger partial charge in [0.1, 0.15) is 18.1 Å². The van der Waals surface area contributed by atoms with Crippen LogP contribution in [0.25, 0.3) is 11.4 Å². The van der Waals surface area contributed by atoms with Crippen molar-refractivity contribution in [3.05, 3.63) is 68.7 Å². The van der Waals surface area contributed by atoms with Gasteiger partial charge in [-0.2, -0.15) is 8.42 Å². The lowest BCUT2D eigenvalue weighted by Gasteiger charge is -2.31. The van der Waals surface area contributed by atoms with E-state index in [4.69, 9.17) is 9.47 Å². The van der Waals surface area contributed by atoms with E-state index in [0.717, 1.165) is 16.7 Å². The molecule has 37 heavy (non-hydrogen) atoms. The Bertz CT molecular complexity index is 1520. The number of nitrogens with one attached hydrogen (secondary N) is 1. The molecule has 1 aliphatic rings. The number of anilines is 1. The van der Waals surface area contributed by atoms with E-state index in [9.17, 15) is 13.2 Å². The van der Waals surface area contributed by atoms with Crippen molar-refractivity contribution in [3.63, 3.8) is 0 Å². The fourth-order valence-corrected chi connectivity index (χ4v) is 5.72. The minimum atomic E-state index is -3.91. The van der Waals surface area contributed by atoms with Crippen molar-refractivity contribution in [3.8, 4) is 22.9 Å². The van der Waals surface area contributed by atoms with Gasteiger partial charge in [0.05, 0.1) is 12.8 Å². The molecule has 196 valence electrons. The van der Waals surface area contributed by atoms with Gasteiger partial charge in [0.25, 0.3) is 10.0 Å². The van der Waals surface area contributed by atoms with Gasteiger partial charge in [-0.3, -0.25) is 13.8 Å². The van der Waals surface area contributed by atoms with Gasteiger partial charge >= 0.3 is 5.76 Å². The van der Waals surface area contributed by atoms with Crippen LogP contribution >= 0.6 is 0 Å². The lowest BCUT2D eigenvalue weighted by Crippen LogP contribution is -2.38. The number of ether oxygens (including phenoxy) is 2. The molecule has 4 rings (SSSR count). The third-order valence-corrected chi connectivity index (χ3v) is 7.96. The van der Waals surface area contributed by atoms with E-state index in [1.807, 2.05) is 39.8 Å². The number of aryl methyl sites for hydroxylation is 2. The highest BCUT2D eigenvalue weighted by molar-refractivity contribution is 7.96. The number of hydrogen-bond donors (Lipinski definition) is 1. The van der Waals surface area contributed by atoms with Crippen molar-refractivity contribution in [2.75, 3.05) is 11.4 Å². The summed E-state index contributed by atoms with van der Waals surface area (Å²) in [5, 5.41) is 3.75. The number of H-pyrrole nitrogens is 1. The summed E-state index contributed by atoms with van der Waals surface area (Å²) in [4.78, 5) is 18.0. The summed E-state index contributed by atoms with van der Waals surface area (Å²) in [6.45, 7) is 7.63. The van der Waals surface area contributed by atoms with Crippen molar-refractivity contribution >= 4 is 21.9 Å². The monoisotopic (exact) mass is 526 g/mol. The van der Waals surface area contributed by atoms with E-state index in [1.165, 1.54) is 11.4 Å². The van der Waals surface area contributed by atoms with Crippen LogP contribution in [0.4, 0.5) is 5.69 Å². The highest BCUT2D eigenvalue weighted by Gasteiger charge is 2.32. The van der Waals surface area contributed by atoms with Gasteiger partial charge in [0.15, 0.2) is 10.9 Å². The molecule has 0 amide bonds. The molecular weight excluding hydrogens is 496 g/mol. The number of methoxy groups -OCH3 is 1. The minimum absolute atomic E-state index is 0.0415.